The van der Waals surface area contributed by atoms with E-state index >= 15 is 0 Å². The van der Waals surface area contributed by atoms with E-state index in [1.807, 2.05) is 19.1 Å². The molecule has 0 unspecified atom stereocenters. The summed E-state index contributed by atoms with van der Waals surface area (Å²) in [7, 11) is 0. The molecule has 6 heteroatoms. The van der Waals surface area contributed by atoms with Crippen molar-refractivity contribution >= 4 is 21.6 Å². The molecule has 0 saturated heterocycles. The lowest BCUT2D eigenvalue weighted by molar-refractivity contribution is -0.385. The smallest absolute Gasteiger partial charge is 0.312 e. The van der Waals surface area contributed by atoms with Gasteiger partial charge in [-0.15, -0.1) is 0 Å². The van der Waals surface area contributed by atoms with Crippen molar-refractivity contribution in [3.63, 3.8) is 0 Å². The van der Waals surface area contributed by atoms with Crippen molar-refractivity contribution in [3.8, 4) is 11.6 Å². The maximum Gasteiger partial charge on any atom is 0.312 e. The number of alkyl halides is 1. The predicted octanol–water partition coefficient (Wildman–Crippen LogP) is 4.29. The molecule has 1 aromatic carbocycles. The first kappa shape index (κ1) is 14.5. The Morgan fingerprint density at radius 3 is 2.80 bits per heavy atom. The Balaban J connectivity index is 2.50. The molecule has 20 heavy (non-hydrogen) atoms. The second-order valence-corrected chi connectivity index (χ2v) is 4.95. The normalized spacial score (nSPS) is 10.3. The lowest BCUT2D eigenvalue weighted by atomic mass is 10.1. The summed E-state index contributed by atoms with van der Waals surface area (Å²) in [4.78, 5) is 14.9. The van der Waals surface area contributed by atoms with Gasteiger partial charge < -0.3 is 4.74 Å². The van der Waals surface area contributed by atoms with Gasteiger partial charge in [0.2, 0.25) is 11.6 Å². The van der Waals surface area contributed by atoms with Crippen LogP contribution in [0.25, 0.3) is 0 Å². The number of ether oxygens (including phenoxy) is 1. The molecule has 1 aromatic heterocycles. The molecule has 0 fully saturated rings. The summed E-state index contributed by atoms with van der Waals surface area (Å²) >= 11 is 3.35. The first-order valence-electron chi connectivity index (χ1n) is 5.96. The van der Waals surface area contributed by atoms with Crippen LogP contribution in [0.5, 0.6) is 11.6 Å². The number of aryl methyl sites for hydroxylation is 2. The Morgan fingerprint density at radius 1 is 1.40 bits per heavy atom. The van der Waals surface area contributed by atoms with Crippen LogP contribution in [0.2, 0.25) is 0 Å². The molecule has 2 aromatic rings. The van der Waals surface area contributed by atoms with E-state index in [0.717, 1.165) is 11.1 Å². The third-order valence-electron chi connectivity index (χ3n) is 2.79. The molecule has 0 radical (unpaired) electrons. The molecule has 104 valence electrons. The summed E-state index contributed by atoms with van der Waals surface area (Å²) in [6.07, 6.45) is 1.59. The predicted molar refractivity (Wildman–Crippen MR) is 79.5 cm³/mol. The van der Waals surface area contributed by atoms with E-state index in [-0.39, 0.29) is 11.4 Å². The van der Waals surface area contributed by atoms with Gasteiger partial charge in [0, 0.05) is 23.2 Å². The summed E-state index contributed by atoms with van der Waals surface area (Å²) in [5.41, 5.74) is 2.32. The van der Waals surface area contributed by atoms with Gasteiger partial charge in [-0.2, -0.15) is 0 Å². The van der Waals surface area contributed by atoms with Crippen LogP contribution in [-0.2, 0) is 5.33 Å². The molecule has 1 heterocycles. The van der Waals surface area contributed by atoms with Crippen molar-refractivity contribution in [3.05, 3.63) is 57.3 Å². The second-order valence-electron chi connectivity index (χ2n) is 4.39. The van der Waals surface area contributed by atoms with Crippen LogP contribution in [0, 0.1) is 24.0 Å². The molecule has 0 aliphatic heterocycles. The highest BCUT2D eigenvalue weighted by molar-refractivity contribution is 9.08. The molecule has 0 saturated carbocycles. The van der Waals surface area contributed by atoms with Crippen LogP contribution in [-0.4, -0.2) is 9.91 Å². The van der Waals surface area contributed by atoms with Gasteiger partial charge in [-0.1, -0.05) is 28.1 Å². The van der Waals surface area contributed by atoms with Gasteiger partial charge in [0.05, 0.1) is 4.92 Å². The molecule has 0 amide bonds. The van der Waals surface area contributed by atoms with Gasteiger partial charge in [-0.05, 0) is 31.0 Å². The molecule has 0 aliphatic carbocycles. The minimum Gasteiger partial charge on any atom is -0.431 e. The molecule has 0 spiro atoms. The van der Waals surface area contributed by atoms with Gasteiger partial charge >= 0.3 is 5.69 Å². The number of benzene rings is 1. The molecule has 0 aliphatic rings. The molecule has 0 N–H and O–H groups in total. The molecular formula is C14H13BrN2O3. The van der Waals surface area contributed by atoms with E-state index in [1.165, 1.54) is 6.07 Å². The van der Waals surface area contributed by atoms with Crippen molar-refractivity contribution in [2.45, 2.75) is 19.2 Å². The second kappa shape index (κ2) is 6.00. The van der Waals surface area contributed by atoms with Gasteiger partial charge in [-0.25, -0.2) is 4.98 Å². The number of halogens is 1. The maximum absolute atomic E-state index is 11.2. The van der Waals surface area contributed by atoms with Crippen molar-refractivity contribution < 1.29 is 9.66 Å². The topological polar surface area (TPSA) is 65.3 Å². The van der Waals surface area contributed by atoms with Crippen molar-refractivity contribution in [1.82, 2.24) is 4.98 Å². The van der Waals surface area contributed by atoms with E-state index in [4.69, 9.17) is 4.74 Å². The fraction of sp³-hybridized carbons (Fsp3) is 0.214. The highest BCUT2D eigenvalue weighted by atomic mass is 79.9. The summed E-state index contributed by atoms with van der Waals surface area (Å²) in [6, 6.07) is 6.99. The molecule has 5 nitrogen and oxygen atoms in total. The highest BCUT2D eigenvalue weighted by Crippen LogP contribution is 2.36. The highest BCUT2D eigenvalue weighted by Gasteiger charge is 2.20. The molecule has 2 rings (SSSR count). The quantitative estimate of drug-likeness (QED) is 0.474. The SMILES string of the molecule is Cc1cc(C)c(Oc2ncccc2CBr)c([N+](=O)[O-])c1. The Morgan fingerprint density at radius 2 is 2.15 bits per heavy atom. The van der Waals surface area contributed by atoms with Crippen LogP contribution in [0.15, 0.2) is 30.5 Å². The number of pyridine rings is 1. The van der Waals surface area contributed by atoms with E-state index in [0.29, 0.717) is 16.8 Å². The Kier molecular flexibility index (Phi) is 4.34. The average Bonchev–Trinajstić information content (AvgIpc) is 2.41. The third-order valence-corrected chi connectivity index (χ3v) is 3.39. The number of nitrogens with zero attached hydrogens (tertiary/aromatic N) is 2. The van der Waals surface area contributed by atoms with Gasteiger partial charge in [-0.3, -0.25) is 10.1 Å². The van der Waals surface area contributed by atoms with E-state index in [9.17, 15) is 10.1 Å². The largest absolute Gasteiger partial charge is 0.431 e. The van der Waals surface area contributed by atoms with Crippen LogP contribution in [0.4, 0.5) is 5.69 Å². The van der Waals surface area contributed by atoms with Gasteiger partial charge in [0.15, 0.2) is 0 Å². The number of hydrogen-bond acceptors (Lipinski definition) is 4. The van der Waals surface area contributed by atoms with Gasteiger partial charge in [0.25, 0.3) is 0 Å². The Labute approximate surface area is 124 Å². The van der Waals surface area contributed by atoms with Crippen LogP contribution in [0.1, 0.15) is 16.7 Å². The van der Waals surface area contributed by atoms with Crippen molar-refractivity contribution in [2.75, 3.05) is 0 Å². The zero-order valence-corrected chi connectivity index (χ0v) is 12.7. The first-order valence-corrected chi connectivity index (χ1v) is 7.08. The van der Waals surface area contributed by atoms with E-state index in [2.05, 4.69) is 20.9 Å². The van der Waals surface area contributed by atoms with Crippen LogP contribution in [0.3, 0.4) is 0 Å². The molecular weight excluding hydrogens is 324 g/mol. The fourth-order valence-electron chi connectivity index (χ4n) is 1.91. The zero-order chi connectivity index (χ0) is 14.7. The zero-order valence-electron chi connectivity index (χ0n) is 11.1. The van der Waals surface area contributed by atoms with E-state index < -0.39 is 4.92 Å². The molecule has 0 bridgehead atoms. The van der Waals surface area contributed by atoms with Crippen LogP contribution < -0.4 is 4.74 Å². The monoisotopic (exact) mass is 336 g/mol. The lowest BCUT2D eigenvalue weighted by Crippen LogP contribution is -1.99. The maximum atomic E-state index is 11.2. The number of nitro groups is 1. The van der Waals surface area contributed by atoms with E-state index in [1.54, 1.807) is 19.2 Å². The summed E-state index contributed by atoms with van der Waals surface area (Å²) in [5.74, 6) is 0.612. The summed E-state index contributed by atoms with van der Waals surface area (Å²) in [6.45, 7) is 3.60. The van der Waals surface area contributed by atoms with Gasteiger partial charge in [0.1, 0.15) is 0 Å². The number of aromatic nitrogens is 1. The number of rotatable bonds is 4. The third kappa shape index (κ3) is 2.96. The van der Waals surface area contributed by atoms with Crippen molar-refractivity contribution in [1.29, 1.82) is 0 Å². The minimum atomic E-state index is -0.438. The lowest BCUT2D eigenvalue weighted by Gasteiger charge is -2.11. The minimum absolute atomic E-state index is 0.0475. The Hall–Kier alpha value is -1.95. The standard InChI is InChI=1S/C14H13BrN2O3/c1-9-6-10(2)13(12(7-9)17(18)19)20-14-11(8-15)4-3-5-16-14/h3-7H,8H2,1-2H3. The number of hydrogen-bond donors (Lipinski definition) is 0. The fourth-order valence-corrected chi connectivity index (χ4v) is 2.34. The van der Waals surface area contributed by atoms with Crippen LogP contribution >= 0.6 is 15.9 Å². The summed E-state index contributed by atoms with van der Waals surface area (Å²) in [5, 5.41) is 11.7. The Bertz CT molecular complexity index is 659. The van der Waals surface area contributed by atoms with Crippen molar-refractivity contribution in [2.24, 2.45) is 0 Å². The average molecular weight is 337 g/mol. The summed E-state index contributed by atoms with van der Waals surface area (Å²) < 4.78 is 5.70. The molecule has 0 atom stereocenters. The first-order chi connectivity index (χ1) is 9.52. The number of nitro benzene ring substituents is 1.